The van der Waals surface area contributed by atoms with Gasteiger partial charge in [-0.3, -0.25) is 4.79 Å². The van der Waals surface area contributed by atoms with Gasteiger partial charge in [-0.15, -0.1) is 0 Å². The van der Waals surface area contributed by atoms with Crippen LogP contribution in [-0.4, -0.2) is 36.3 Å². The molecule has 0 aromatic rings. The lowest BCUT2D eigenvalue weighted by Gasteiger charge is -1.96. The summed E-state index contributed by atoms with van der Waals surface area (Å²) in [5.41, 5.74) is 0. The van der Waals surface area contributed by atoms with Crippen LogP contribution in [0.15, 0.2) is 0 Å². The number of carbonyl (C=O) groups is 1. The van der Waals surface area contributed by atoms with Crippen LogP contribution in [0.2, 0.25) is 0 Å². The van der Waals surface area contributed by atoms with Crippen molar-refractivity contribution >= 4 is 17.7 Å². The average molecular weight is 164 g/mol. The molecule has 0 aromatic heterocycles. The van der Waals surface area contributed by atoms with Crippen LogP contribution in [0, 0.1) is 0 Å². The van der Waals surface area contributed by atoms with Crippen molar-refractivity contribution < 1.29 is 14.6 Å². The fraction of sp³-hybridized carbons (Fsp3) is 0.833. The molecule has 0 saturated heterocycles. The first-order chi connectivity index (χ1) is 4.77. The van der Waals surface area contributed by atoms with E-state index < -0.39 is 5.97 Å². The molecular weight excluding hydrogens is 152 g/mol. The molecule has 0 radical (unpaired) electrons. The van der Waals surface area contributed by atoms with Gasteiger partial charge in [-0.05, 0) is 0 Å². The van der Waals surface area contributed by atoms with Gasteiger partial charge in [0.2, 0.25) is 0 Å². The van der Waals surface area contributed by atoms with Gasteiger partial charge in [-0.25, -0.2) is 0 Å². The quantitative estimate of drug-likeness (QED) is 0.591. The zero-order chi connectivity index (χ0) is 7.82. The summed E-state index contributed by atoms with van der Waals surface area (Å²) >= 11 is 1.60. The van der Waals surface area contributed by atoms with Crippen LogP contribution in [0.3, 0.4) is 0 Å². The Morgan fingerprint density at radius 3 is 2.80 bits per heavy atom. The summed E-state index contributed by atoms with van der Waals surface area (Å²) in [5, 5.41) is 8.23. The maximum Gasteiger partial charge on any atom is 0.304 e. The second-order valence-corrected chi connectivity index (χ2v) is 2.97. The first-order valence-electron chi connectivity index (χ1n) is 3.06. The highest BCUT2D eigenvalue weighted by Gasteiger charge is 1.95. The topological polar surface area (TPSA) is 46.5 Å². The average Bonchev–Trinajstić information content (AvgIpc) is 1.87. The molecule has 0 aliphatic heterocycles. The van der Waals surface area contributed by atoms with E-state index in [2.05, 4.69) is 0 Å². The summed E-state index contributed by atoms with van der Waals surface area (Å²) in [4.78, 5) is 9.99. The lowest BCUT2D eigenvalue weighted by atomic mass is 10.5. The molecule has 1 N–H and O–H groups in total. The van der Waals surface area contributed by atoms with Gasteiger partial charge in [-0.2, -0.15) is 11.8 Å². The summed E-state index contributed by atoms with van der Waals surface area (Å²) < 4.78 is 4.78. The van der Waals surface area contributed by atoms with Gasteiger partial charge in [0.1, 0.15) is 0 Å². The molecule has 0 spiro atoms. The van der Waals surface area contributed by atoms with Gasteiger partial charge in [0.05, 0.1) is 13.0 Å². The summed E-state index contributed by atoms with van der Waals surface area (Å²) in [7, 11) is 1.64. The molecule has 0 rings (SSSR count). The third kappa shape index (κ3) is 7.78. The summed E-state index contributed by atoms with van der Waals surface area (Å²) in [6.45, 7) is 0.699. The largest absolute Gasteiger partial charge is 0.481 e. The molecule has 0 unspecified atom stereocenters. The van der Waals surface area contributed by atoms with Crippen molar-refractivity contribution in [3.63, 3.8) is 0 Å². The Morgan fingerprint density at radius 1 is 1.60 bits per heavy atom. The second-order valence-electron chi connectivity index (χ2n) is 1.75. The maximum absolute atomic E-state index is 9.99. The molecule has 0 saturated carbocycles. The van der Waals surface area contributed by atoms with Crippen molar-refractivity contribution in [3.05, 3.63) is 0 Å². The van der Waals surface area contributed by atoms with E-state index in [1.54, 1.807) is 18.9 Å². The minimum atomic E-state index is -0.732. The number of ether oxygens (including phenoxy) is 1. The number of aliphatic carboxylic acids is 1. The fourth-order valence-electron chi connectivity index (χ4n) is 0.404. The highest BCUT2D eigenvalue weighted by Crippen LogP contribution is 2.00. The van der Waals surface area contributed by atoms with E-state index in [0.717, 1.165) is 5.75 Å². The predicted octanol–water partition coefficient (Wildman–Crippen LogP) is 0.841. The Balaban J connectivity index is 2.84. The Morgan fingerprint density at radius 2 is 2.30 bits per heavy atom. The van der Waals surface area contributed by atoms with Crippen molar-refractivity contribution in [2.75, 3.05) is 25.2 Å². The molecule has 0 aromatic carbocycles. The maximum atomic E-state index is 9.99. The van der Waals surface area contributed by atoms with E-state index in [0.29, 0.717) is 12.4 Å². The minimum Gasteiger partial charge on any atom is -0.481 e. The first kappa shape index (κ1) is 9.78. The number of hydrogen-bond donors (Lipinski definition) is 1. The van der Waals surface area contributed by atoms with Crippen molar-refractivity contribution in [1.82, 2.24) is 0 Å². The lowest BCUT2D eigenvalue weighted by molar-refractivity contribution is -0.136. The first-order valence-corrected chi connectivity index (χ1v) is 4.21. The van der Waals surface area contributed by atoms with Gasteiger partial charge in [-0.1, -0.05) is 0 Å². The molecular formula is C6H12O3S. The lowest BCUT2D eigenvalue weighted by Crippen LogP contribution is -1.98. The number of methoxy groups -OCH3 is 1. The van der Waals surface area contributed by atoms with Crippen LogP contribution >= 0.6 is 11.8 Å². The Bertz CT molecular complexity index is 95.0. The van der Waals surface area contributed by atoms with E-state index >= 15 is 0 Å². The number of thioether (sulfide) groups is 1. The Kier molecular flexibility index (Phi) is 6.74. The normalized spacial score (nSPS) is 9.70. The monoisotopic (exact) mass is 164 g/mol. The third-order valence-electron chi connectivity index (χ3n) is 0.892. The number of rotatable bonds is 6. The predicted molar refractivity (Wildman–Crippen MR) is 41.5 cm³/mol. The minimum absolute atomic E-state index is 0.244. The molecule has 0 bridgehead atoms. The standard InChI is InChI=1S/C6H12O3S/c1-9-3-5-10-4-2-6(7)8/h2-5H2,1H3,(H,7,8). The van der Waals surface area contributed by atoms with E-state index in [1.165, 1.54) is 0 Å². The molecule has 0 heterocycles. The molecule has 0 aliphatic carbocycles. The van der Waals surface area contributed by atoms with Gasteiger partial charge in [0, 0.05) is 18.6 Å². The van der Waals surface area contributed by atoms with Crippen LogP contribution in [-0.2, 0) is 9.53 Å². The highest BCUT2D eigenvalue weighted by atomic mass is 32.2. The van der Waals surface area contributed by atoms with Crippen LogP contribution in [0.4, 0.5) is 0 Å². The molecule has 10 heavy (non-hydrogen) atoms. The smallest absolute Gasteiger partial charge is 0.304 e. The van der Waals surface area contributed by atoms with E-state index in [9.17, 15) is 4.79 Å². The van der Waals surface area contributed by atoms with Crippen molar-refractivity contribution in [3.8, 4) is 0 Å². The van der Waals surface area contributed by atoms with Crippen LogP contribution in [0.5, 0.6) is 0 Å². The molecule has 0 fully saturated rings. The number of hydrogen-bond acceptors (Lipinski definition) is 3. The van der Waals surface area contributed by atoms with E-state index in [1.807, 2.05) is 0 Å². The van der Waals surface area contributed by atoms with Crippen molar-refractivity contribution in [2.24, 2.45) is 0 Å². The van der Waals surface area contributed by atoms with Crippen molar-refractivity contribution in [1.29, 1.82) is 0 Å². The Labute approximate surface area is 64.8 Å². The number of carboxylic acid groups (broad SMARTS) is 1. The molecule has 60 valence electrons. The van der Waals surface area contributed by atoms with Crippen LogP contribution in [0.1, 0.15) is 6.42 Å². The SMILES string of the molecule is COCCSCCC(=O)O. The van der Waals surface area contributed by atoms with Gasteiger partial charge in [0.15, 0.2) is 0 Å². The zero-order valence-corrected chi connectivity index (χ0v) is 6.82. The van der Waals surface area contributed by atoms with E-state index in [4.69, 9.17) is 9.84 Å². The molecule has 4 heteroatoms. The van der Waals surface area contributed by atoms with Crippen molar-refractivity contribution in [2.45, 2.75) is 6.42 Å². The molecule has 0 atom stereocenters. The van der Waals surface area contributed by atoms with Gasteiger partial charge in [0.25, 0.3) is 0 Å². The van der Waals surface area contributed by atoms with Crippen LogP contribution in [0.25, 0.3) is 0 Å². The van der Waals surface area contributed by atoms with Gasteiger partial charge < -0.3 is 9.84 Å². The molecule has 0 amide bonds. The second kappa shape index (κ2) is 6.89. The molecule has 3 nitrogen and oxygen atoms in total. The Hall–Kier alpha value is -0.220. The number of carboxylic acids is 1. The van der Waals surface area contributed by atoms with E-state index in [-0.39, 0.29) is 6.42 Å². The molecule has 0 aliphatic rings. The van der Waals surface area contributed by atoms with Gasteiger partial charge >= 0.3 is 5.97 Å². The summed E-state index contributed by atoms with van der Waals surface area (Å²) in [5.74, 6) is 0.826. The zero-order valence-electron chi connectivity index (χ0n) is 6.00. The fourth-order valence-corrected chi connectivity index (χ4v) is 1.21. The summed E-state index contributed by atoms with van der Waals surface area (Å²) in [6.07, 6.45) is 0.244. The van der Waals surface area contributed by atoms with Crippen LogP contribution < -0.4 is 0 Å². The summed E-state index contributed by atoms with van der Waals surface area (Å²) in [6, 6.07) is 0. The highest BCUT2D eigenvalue weighted by molar-refractivity contribution is 7.99. The third-order valence-corrected chi connectivity index (χ3v) is 1.84.